The van der Waals surface area contributed by atoms with Gasteiger partial charge in [0.25, 0.3) is 0 Å². The van der Waals surface area contributed by atoms with Gasteiger partial charge in [-0.15, -0.1) is 0 Å². The van der Waals surface area contributed by atoms with Crippen molar-refractivity contribution < 1.29 is 9.59 Å². The standard InChI is InChI=1S/C17H26N2O2/c1-11-14(20)18-3-4-19(11)15(21)17-8-12-5-13(9-17)7-16(2,6-12)10-17/h11-13H,3-10H2,1-2H3,(H,18,20). The topological polar surface area (TPSA) is 49.4 Å². The molecule has 0 spiro atoms. The molecule has 21 heavy (non-hydrogen) atoms. The highest BCUT2D eigenvalue weighted by Crippen LogP contribution is 2.65. The number of hydrogen-bond donors (Lipinski definition) is 1. The van der Waals surface area contributed by atoms with E-state index in [2.05, 4.69) is 12.2 Å². The molecular weight excluding hydrogens is 264 g/mol. The van der Waals surface area contributed by atoms with E-state index in [4.69, 9.17) is 0 Å². The van der Waals surface area contributed by atoms with Crippen molar-refractivity contribution in [3.05, 3.63) is 0 Å². The molecule has 5 rings (SSSR count). The van der Waals surface area contributed by atoms with E-state index in [1.807, 2.05) is 11.8 Å². The van der Waals surface area contributed by atoms with Crippen LogP contribution in [0, 0.1) is 22.7 Å². The van der Waals surface area contributed by atoms with Gasteiger partial charge in [-0.1, -0.05) is 6.92 Å². The number of amides is 2. The van der Waals surface area contributed by atoms with E-state index in [0.717, 1.165) is 31.1 Å². The summed E-state index contributed by atoms with van der Waals surface area (Å²) in [5, 5.41) is 2.87. The molecule has 4 aliphatic carbocycles. The van der Waals surface area contributed by atoms with Crippen LogP contribution in [-0.2, 0) is 9.59 Å². The van der Waals surface area contributed by atoms with Crippen LogP contribution in [0.15, 0.2) is 0 Å². The molecule has 4 saturated carbocycles. The van der Waals surface area contributed by atoms with Crippen LogP contribution >= 0.6 is 0 Å². The summed E-state index contributed by atoms with van der Waals surface area (Å²) >= 11 is 0. The van der Waals surface area contributed by atoms with E-state index in [1.54, 1.807) is 0 Å². The number of hydrogen-bond acceptors (Lipinski definition) is 2. The lowest BCUT2D eigenvalue weighted by Gasteiger charge is -2.61. The highest BCUT2D eigenvalue weighted by Gasteiger charge is 2.60. The number of nitrogens with zero attached hydrogens (tertiary/aromatic N) is 1. The fourth-order valence-corrected chi connectivity index (χ4v) is 6.34. The minimum atomic E-state index is -0.299. The third kappa shape index (κ3) is 1.94. The van der Waals surface area contributed by atoms with Gasteiger partial charge in [-0.05, 0) is 62.7 Å². The molecule has 3 unspecified atom stereocenters. The number of carbonyl (C=O) groups excluding carboxylic acids is 2. The van der Waals surface area contributed by atoms with Crippen LogP contribution in [0.5, 0.6) is 0 Å². The average Bonchev–Trinajstić information content (AvgIpc) is 2.38. The second kappa shape index (κ2) is 4.23. The van der Waals surface area contributed by atoms with Crippen molar-refractivity contribution in [3.8, 4) is 0 Å². The number of carbonyl (C=O) groups is 2. The Balaban J connectivity index is 1.63. The van der Waals surface area contributed by atoms with Gasteiger partial charge in [0.15, 0.2) is 0 Å². The van der Waals surface area contributed by atoms with Gasteiger partial charge in [-0.2, -0.15) is 0 Å². The zero-order chi connectivity index (χ0) is 14.8. The van der Waals surface area contributed by atoms with E-state index in [1.165, 1.54) is 19.3 Å². The Labute approximate surface area is 126 Å². The predicted molar refractivity (Wildman–Crippen MR) is 79.4 cm³/mol. The van der Waals surface area contributed by atoms with Crippen LogP contribution in [-0.4, -0.2) is 35.8 Å². The Morgan fingerprint density at radius 1 is 1.24 bits per heavy atom. The van der Waals surface area contributed by atoms with Gasteiger partial charge in [0.05, 0.1) is 5.41 Å². The summed E-state index contributed by atoms with van der Waals surface area (Å²) in [6.07, 6.45) is 7.16. The molecule has 1 heterocycles. The summed E-state index contributed by atoms with van der Waals surface area (Å²) in [7, 11) is 0. The zero-order valence-electron chi connectivity index (χ0n) is 13.2. The first-order valence-electron chi connectivity index (χ1n) is 8.50. The Kier molecular flexibility index (Phi) is 2.74. The average molecular weight is 290 g/mol. The lowest BCUT2D eigenvalue weighted by molar-refractivity contribution is -0.170. The molecule has 2 amide bonds. The largest absolute Gasteiger partial charge is 0.353 e. The van der Waals surface area contributed by atoms with Crippen LogP contribution in [0.1, 0.15) is 52.4 Å². The van der Waals surface area contributed by atoms with Crippen LogP contribution in [0.25, 0.3) is 0 Å². The maximum absolute atomic E-state index is 13.3. The van der Waals surface area contributed by atoms with Crippen molar-refractivity contribution in [1.82, 2.24) is 10.2 Å². The second-order valence-corrected chi connectivity index (χ2v) is 8.52. The third-order valence-corrected chi connectivity index (χ3v) is 6.57. The highest BCUT2D eigenvalue weighted by atomic mass is 16.2. The molecule has 1 aliphatic heterocycles. The summed E-state index contributed by atoms with van der Waals surface area (Å²) in [6, 6.07) is -0.299. The molecule has 5 aliphatic rings. The number of piperazine rings is 1. The van der Waals surface area contributed by atoms with Gasteiger partial charge in [-0.3, -0.25) is 9.59 Å². The summed E-state index contributed by atoms with van der Waals surface area (Å²) < 4.78 is 0. The van der Waals surface area contributed by atoms with E-state index < -0.39 is 0 Å². The molecule has 0 aromatic carbocycles. The molecule has 4 nitrogen and oxygen atoms in total. The Morgan fingerprint density at radius 2 is 1.90 bits per heavy atom. The molecule has 4 heteroatoms. The first kappa shape index (κ1) is 13.6. The monoisotopic (exact) mass is 290 g/mol. The molecule has 1 N–H and O–H groups in total. The highest BCUT2D eigenvalue weighted by molar-refractivity contribution is 5.91. The van der Waals surface area contributed by atoms with Crippen molar-refractivity contribution in [1.29, 1.82) is 0 Å². The quantitative estimate of drug-likeness (QED) is 0.802. The van der Waals surface area contributed by atoms with E-state index in [-0.39, 0.29) is 23.3 Å². The van der Waals surface area contributed by atoms with Gasteiger partial charge >= 0.3 is 0 Å². The van der Waals surface area contributed by atoms with Crippen LogP contribution in [0.4, 0.5) is 0 Å². The Morgan fingerprint density at radius 3 is 2.52 bits per heavy atom. The molecule has 5 fully saturated rings. The van der Waals surface area contributed by atoms with Gasteiger partial charge in [-0.25, -0.2) is 0 Å². The minimum Gasteiger partial charge on any atom is -0.353 e. The van der Waals surface area contributed by atoms with E-state index in [0.29, 0.717) is 18.5 Å². The Bertz CT molecular complexity index is 487. The third-order valence-electron chi connectivity index (χ3n) is 6.57. The molecule has 0 aromatic heterocycles. The maximum atomic E-state index is 13.3. The SMILES string of the molecule is CC1C(=O)NCCN1C(=O)C12CC3CC(CC(C)(C3)C1)C2. The maximum Gasteiger partial charge on any atom is 0.242 e. The first-order chi connectivity index (χ1) is 9.91. The predicted octanol–water partition coefficient (Wildman–Crippen LogP) is 1.94. The first-order valence-corrected chi connectivity index (χ1v) is 8.50. The fraction of sp³-hybridized carbons (Fsp3) is 0.882. The molecule has 4 bridgehead atoms. The summed E-state index contributed by atoms with van der Waals surface area (Å²) in [6.45, 7) is 5.54. The van der Waals surface area contributed by atoms with Crippen LogP contribution in [0.2, 0.25) is 0 Å². The summed E-state index contributed by atoms with van der Waals surface area (Å²) in [5.41, 5.74) is 0.228. The van der Waals surface area contributed by atoms with Crippen molar-refractivity contribution >= 4 is 11.8 Å². The summed E-state index contributed by atoms with van der Waals surface area (Å²) in [4.78, 5) is 27.1. The van der Waals surface area contributed by atoms with Crippen LogP contribution < -0.4 is 5.32 Å². The van der Waals surface area contributed by atoms with Crippen molar-refractivity contribution in [3.63, 3.8) is 0 Å². The zero-order valence-corrected chi connectivity index (χ0v) is 13.2. The fourth-order valence-electron chi connectivity index (χ4n) is 6.34. The molecule has 1 saturated heterocycles. The van der Waals surface area contributed by atoms with Crippen molar-refractivity contribution in [2.24, 2.45) is 22.7 Å². The second-order valence-electron chi connectivity index (χ2n) is 8.52. The van der Waals surface area contributed by atoms with E-state index >= 15 is 0 Å². The minimum absolute atomic E-state index is 0.00513. The van der Waals surface area contributed by atoms with Crippen LogP contribution in [0.3, 0.4) is 0 Å². The van der Waals surface area contributed by atoms with Crippen molar-refractivity contribution in [2.75, 3.05) is 13.1 Å². The molecule has 0 aromatic rings. The lowest BCUT2D eigenvalue weighted by Crippen LogP contribution is -2.63. The van der Waals surface area contributed by atoms with Crippen molar-refractivity contribution in [2.45, 2.75) is 58.4 Å². The van der Waals surface area contributed by atoms with Gasteiger partial charge in [0, 0.05) is 13.1 Å². The lowest BCUT2D eigenvalue weighted by atomic mass is 9.44. The van der Waals surface area contributed by atoms with E-state index in [9.17, 15) is 9.59 Å². The molecule has 3 atom stereocenters. The number of nitrogens with one attached hydrogen (secondary N) is 1. The number of rotatable bonds is 1. The smallest absolute Gasteiger partial charge is 0.242 e. The molecular formula is C17H26N2O2. The molecule has 116 valence electrons. The molecule has 0 radical (unpaired) electrons. The Hall–Kier alpha value is -1.06. The summed E-state index contributed by atoms with van der Waals surface area (Å²) in [5.74, 6) is 1.78. The normalized spacial score (nSPS) is 48.4. The van der Waals surface area contributed by atoms with Gasteiger partial charge in [0.2, 0.25) is 11.8 Å². The van der Waals surface area contributed by atoms with Gasteiger partial charge < -0.3 is 10.2 Å². The van der Waals surface area contributed by atoms with Gasteiger partial charge in [0.1, 0.15) is 6.04 Å².